The van der Waals surface area contributed by atoms with Crippen LogP contribution in [0.15, 0.2) is 0 Å². The maximum absolute atomic E-state index is 8.04. The summed E-state index contributed by atoms with van der Waals surface area (Å²) in [7, 11) is -1.33. The Morgan fingerprint density at radius 2 is 1.38 bits per heavy atom. The van der Waals surface area contributed by atoms with Crippen LogP contribution < -0.4 is 0 Å². The normalized spacial score (nSPS) is 14.1. The zero-order valence-electron chi connectivity index (χ0n) is 12.1. The molecule has 16 heavy (non-hydrogen) atoms. The molecule has 1 atom stereocenters. The molecule has 0 amide bonds. The number of amidine groups is 1. The van der Waals surface area contributed by atoms with Crippen LogP contribution in [-0.2, 0) is 4.74 Å². The van der Waals surface area contributed by atoms with E-state index in [2.05, 4.69) is 54.3 Å². The van der Waals surface area contributed by atoms with Crippen molar-refractivity contribution in [1.29, 1.82) is 5.41 Å². The molecule has 0 aromatic heterocycles. The van der Waals surface area contributed by atoms with Crippen molar-refractivity contribution in [1.82, 2.24) is 4.90 Å². The molecule has 0 spiro atoms. The molecular formula is C12H28N2OSi. The van der Waals surface area contributed by atoms with Crippen molar-refractivity contribution in [2.45, 2.75) is 72.1 Å². The number of nitrogens with one attached hydrogen (secondary N) is 1. The Morgan fingerprint density at radius 3 is 1.62 bits per heavy atom. The van der Waals surface area contributed by atoms with Gasteiger partial charge < -0.3 is 9.64 Å². The molecule has 0 saturated carbocycles. The minimum absolute atomic E-state index is 0.181. The molecule has 0 aromatic carbocycles. The predicted molar refractivity (Wildman–Crippen MR) is 73.7 cm³/mol. The van der Waals surface area contributed by atoms with Crippen LogP contribution in [0.4, 0.5) is 0 Å². The van der Waals surface area contributed by atoms with E-state index in [4.69, 9.17) is 10.1 Å². The van der Waals surface area contributed by atoms with Crippen LogP contribution >= 0.6 is 0 Å². The monoisotopic (exact) mass is 244 g/mol. The lowest BCUT2D eigenvalue weighted by Crippen LogP contribution is -2.47. The van der Waals surface area contributed by atoms with E-state index in [1.807, 2.05) is 4.90 Å². The summed E-state index contributed by atoms with van der Waals surface area (Å²) >= 11 is 0. The van der Waals surface area contributed by atoms with E-state index in [-0.39, 0.29) is 5.73 Å². The highest BCUT2D eigenvalue weighted by Gasteiger charge is 2.28. The highest BCUT2D eigenvalue weighted by molar-refractivity contribution is 6.77. The zero-order valence-corrected chi connectivity index (χ0v) is 13.1. The van der Waals surface area contributed by atoms with Gasteiger partial charge in [0.25, 0.3) is 6.02 Å². The van der Waals surface area contributed by atoms with Crippen molar-refractivity contribution in [3.05, 3.63) is 0 Å². The smallest absolute Gasteiger partial charge is 0.284 e. The van der Waals surface area contributed by atoms with Gasteiger partial charge in [-0.1, -0.05) is 19.6 Å². The van der Waals surface area contributed by atoms with Gasteiger partial charge in [-0.05, 0) is 34.6 Å². The second-order valence-electron chi connectivity index (χ2n) is 6.03. The zero-order chi connectivity index (χ0) is 13.1. The topological polar surface area (TPSA) is 36.3 Å². The van der Waals surface area contributed by atoms with Gasteiger partial charge in [0.15, 0.2) is 0 Å². The van der Waals surface area contributed by atoms with Crippen molar-refractivity contribution in [3.8, 4) is 0 Å². The lowest BCUT2D eigenvalue weighted by atomic mass is 10.2. The quantitative estimate of drug-likeness (QED) is 0.468. The van der Waals surface area contributed by atoms with E-state index >= 15 is 0 Å². The first kappa shape index (κ1) is 15.5. The standard InChI is InChI=1S/C12H28N2OSi/c1-9(2)14(10(3)4)12(13)15-11(5)16(6,7)8/h9-11,13H,1-8H3. The summed E-state index contributed by atoms with van der Waals surface area (Å²) in [6, 6.07) is 0.933. The SMILES string of the molecule is CC(C)N(C(=N)OC(C)[Si](C)(C)C)C(C)C. The van der Waals surface area contributed by atoms with Crippen LogP contribution in [0.5, 0.6) is 0 Å². The third kappa shape index (κ3) is 4.55. The Hall–Kier alpha value is -0.513. The van der Waals surface area contributed by atoms with Crippen LogP contribution in [-0.4, -0.2) is 36.8 Å². The van der Waals surface area contributed by atoms with Crippen LogP contribution in [0, 0.1) is 5.41 Å². The van der Waals surface area contributed by atoms with Gasteiger partial charge in [-0.25, -0.2) is 0 Å². The molecule has 4 heteroatoms. The van der Waals surface area contributed by atoms with E-state index in [0.717, 1.165) is 0 Å². The van der Waals surface area contributed by atoms with Gasteiger partial charge in [-0.15, -0.1) is 0 Å². The van der Waals surface area contributed by atoms with Gasteiger partial charge in [-0.3, -0.25) is 5.41 Å². The second-order valence-corrected chi connectivity index (χ2v) is 11.6. The number of hydrogen-bond donors (Lipinski definition) is 1. The molecule has 0 rings (SSSR count). The fourth-order valence-electron chi connectivity index (χ4n) is 1.47. The molecule has 0 aromatic rings. The first-order valence-electron chi connectivity index (χ1n) is 6.11. The first-order chi connectivity index (χ1) is 7.07. The van der Waals surface area contributed by atoms with Gasteiger partial charge in [0.2, 0.25) is 0 Å². The average Bonchev–Trinajstić information content (AvgIpc) is 1.99. The average molecular weight is 244 g/mol. The van der Waals surface area contributed by atoms with Crippen molar-refractivity contribution >= 4 is 14.1 Å². The molecule has 0 saturated heterocycles. The third-order valence-electron chi connectivity index (χ3n) is 2.86. The summed E-state index contributed by atoms with van der Waals surface area (Å²) in [5.41, 5.74) is 0.181. The second kappa shape index (κ2) is 5.71. The Morgan fingerprint density at radius 1 is 1.00 bits per heavy atom. The maximum Gasteiger partial charge on any atom is 0.284 e. The van der Waals surface area contributed by atoms with E-state index in [1.165, 1.54) is 0 Å². The molecule has 1 N–H and O–H groups in total. The van der Waals surface area contributed by atoms with Crippen molar-refractivity contribution in [2.24, 2.45) is 0 Å². The fraction of sp³-hybridized carbons (Fsp3) is 0.917. The van der Waals surface area contributed by atoms with E-state index in [1.54, 1.807) is 0 Å². The molecule has 0 aliphatic heterocycles. The van der Waals surface area contributed by atoms with E-state index < -0.39 is 8.07 Å². The molecule has 0 heterocycles. The Bertz CT molecular complexity index is 226. The first-order valence-corrected chi connectivity index (χ1v) is 9.68. The van der Waals surface area contributed by atoms with Crippen LogP contribution in [0.25, 0.3) is 0 Å². The predicted octanol–water partition coefficient (Wildman–Crippen LogP) is 3.32. The third-order valence-corrected chi connectivity index (χ3v) is 5.41. The molecule has 0 aliphatic carbocycles. The Kier molecular flexibility index (Phi) is 5.52. The molecule has 96 valence electrons. The van der Waals surface area contributed by atoms with Crippen LogP contribution in [0.2, 0.25) is 19.6 Å². The van der Waals surface area contributed by atoms with Gasteiger partial charge in [-0.2, -0.15) is 0 Å². The largest absolute Gasteiger partial charge is 0.466 e. The fourth-order valence-corrected chi connectivity index (χ4v) is 1.94. The molecule has 1 unspecified atom stereocenters. The van der Waals surface area contributed by atoms with Gasteiger partial charge in [0.1, 0.15) is 0 Å². The molecule has 0 radical (unpaired) electrons. The molecule has 0 bridgehead atoms. The van der Waals surface area contributed by atoms with Crippen molar-refractivity contribution in [3.63, 3.8) is 0 Å². The summed E-state index contributed by atoms with van der Waals surface area (Å²) in [5.74, 6) is 0. The molecule has 0 aliphatic rings. The molecule has 3 nitrogen and oxygen atoms in total. The Balaban J connectivity index is 4.55. The lowest BCUT2D eigenvalue weighted by molar-refractivity contribution is 0.168. The van der Waals surface area contributed by atoms with Crippen molar-refractivity contribution in [2.75, 3.05) is 0 Å². The van der Waals surface area contributed by atoms with Gasteiger partial charge >= 0.3 is 0 Å². The molecule has 0 fully saturated rings. The Labute approximate surface area is 102 Å². The minimum Gasteiger partial charge on any atom is -0.466 e. The molecular weight excluding hydrogens is 216 g/mol. The summed E-state index contributed by atoms with van der Waals surface area (Å²) < 4.78 is 5.77. The number of rotatable bonds is 4. The summed E-state index contributed by atoms with van der Waals surface area (Å²) in [6.07, 6.45) is 0. The summed E-state index contributed by atoms with van der Waals surface area (Å²) in [4.78, 5) is 2.01. The van der Waals surface area contributed by atoms with Gasteiger partial charge in [0.05, 0.1) is 13.8 Å². The highest BCUT2D eigenvalue weighted by Crippen LogP contribution is 2.14. The lowest BCUT2D eigenvalue weighted by Gasteiger charge is -2.35. The number of hydrogen-bond acceptors (Lipinski definition) is 2. The van der Waals surface area contributed by atoms with E-state index in [0.29, 0.717) is 18.1 Å². The number of ether oxygens (including phenoxy) is 1. The van der Waals surface area contributed by atoms with Crippen LogP contribution in [0.3, 0.4) is 0 Å². The minimum atomic E-state index is -1.33. The summed E-state index contributed by atoms with van der Waals surface area (Å²) in [6.45, 7) is 17.3. The van der Waals surface area contributed by atoms with Gasteiger partial charge in [0, 0.05) is 12.1 Å². The number of nitrogens with zero attached hydrogens (tertiary/aromatic N) is 1. The maximum atomic E-state index is 8.04. The highest BCUT2D eigenvalue weighted by atomic mass is 28.3. The summed E-state index contributed by atoms with van der Waals surface area (Å²) in [5, 5.41) is 8.04. The van der Waals surface area contributed by atoms with Crippen LogP contribution in [0.1, 0.15) is 34.6 Å². The van der Waals surface area contributed by atoms with Crippen molar-refractivity contribution < 1.29 is 4.74 Å². The van der Waals surface area contributed by atoms with E-state index in [9.17, 15) is 0 Å².